The van der Waals surface area contributed by atoms with Crippen LogP contribution in [0.15, 0.2) is 35.3 Å². The van der Waals surface area contributed by atoms with E-state index in [1.54, 1.807) is 30.1 Å². The number of anilines is 1. The molecule has 0 unspecified atom stereocenters. The molecule has 8 nitrogen and oxygen atoms in total. The zero-order valence-electron chi connectivity index (χ0n) is 23.8. The first kappa shape index (κ1) is 28.1. The number of benzene rings is 1. The van der Waals surface area contributed by atoms with E-state index in [0.29, 0.717) is 23.7 Å². The third-order valence-electron chi connectivity index (χ3n) is 6.76. The van der Waals surface area contributed by atoms with Crippen molar-refractivity contribution < 1.29 is 19.1 Å². The van der Waals surface area contributed by atoms with Crippen molar-refractivity contribution in [2.75, 3.05) is 38.1 Å². The lowest BCUT2D eigenvalue weighted by Gasteiger charge is -2.40. The molecule has 0 bridgehead atoms. The van der Waals surface area contributed by atoms with Crippen LogP contribution in [0.5, 0.6) is 0 Å². The highest BCUT2D eigenvalue weighted by atomic mass is 32.1. The third kappa shape index (κ3) is 6.04. The molecule has 2 aliphatic rings. The fourth-order valence-corrected chi connectivity index (χ4v) is 5.98. The summed E-state index contributed by atoms with van der Waals surface area (Å²) in [4.78, 5) is 39.3. The topological polar surface area (TPSA) is 74.7 Å². The summed E-state index contributed by atoms with van der Waals surface area (Å²) >= 11 is 1.61. The fraction of sp³-hybridized carbons (Fsp3) is 0.552. The molecule has 0 radical (unpaired) electrons. The molecule has 9 heteroatoms. The van der Waals surface area contributed by atoms with E-state index < -0.39 is 23.3 Å². The highest BCUT2D eigenvalue weighted by molar-refractivity contribution is 7.09. The summed E-state index contributed by atoms with van der Waals surface area (Å²) in [5, 5.41) is 0.901. The molecule has 1 saturated heterocycles. The SMILES string of the molecule is Cc1cc2c(s1)=Nc1ccccc1N(C(=O)OC(C)(C)OC(=O)C(C)(C)CC(C)C)C=2N1CCN(C)CC1. The van der Waals surface area contributed by atoms with Crippen LogP contribution in [0.3, 0.4) is 0 Å². The van der Waals surface area contributed by atoms with Crippen molar-refractivity contribution in [3.05, 3.63) is 45.1 Å². The first-order chi connectivity index (χ1) is 17.8. The van der Waals surface area contributed by atoms with Gasteiger partial charge in [-0.15, -0.1) is 11.3 Å². The number of esters is 1. The zero-order chi connectivity index (χ0) is 27.8. The zero-order valence-corrected chi connectivity index (χ0v) is 24.6. The highest BCUT2D eigenvalue weighted by Crippen LogP contribution is 2.36. The minimum atomic E-state index is -1.47. The first-order valence-electron chi connectivity index (χ1n) is 13.3. The van der Waals surface area contributed by atoms with E-state index in [0.717, 1.165) is 46.8 Å². The van der Waals surface area contributed by atoms with Gasteiger partial charge in [-0.2, -0.15) is 0 Å². The number of hydrogen-bond acceptors (Lipinski definition) is 8. The Morgan fingerprint density at radius 1 is 1.05 bits per heavy atom. The standard InChI is InChI=1S/C29H40N4O4S/c1-19(2)18-28(4,5)26(34)36-29(6,7)37-27(35)33-23-12-10-9-11-22(23)30-24-21(17-20(3)38-24)25(33)32-15-13-31(8)14-16-32/h9-12,17,19H,13-16,18H2,1-8H3. The number of thiophene rings is 1. The summed E-state index contributed by atoms with van der Waals surface area (Å²) in [5.74, 6) is -0.793. The highest BCUT2D eigenvalue weighted by Gasteiger charge is 2.39. The van der Waals surface area contributed by atoms with Crippen LogP contribution in [-0.4, -0.2) is 60.9 Å². The molecule has 0 N–H and O–H groups in total. The second-order valence-electron chi connectivity index (χ2n) is 11.8. The van der Waals surface area contributed by atoms with Gasteiger partial charge in [-0.1, -0.05) is 26.0 Å². The van der Waals surface area contributed by atoms with Gasteiger partial charge in [0.25, 0.3) is 5.79 Å². The number of likely N-dealkylation sites (N-methyl/N-ethyl adjacent to an activating group) is 1. The van der Waals surface area contributed by atoms with Crippen LogP contribution in [0, 0.1) is 18.3 Å². The first-order valence-corrected chi connectivity index (χ1v) is 14.1. The number of carbonyl (C=O) groups excluding carboxylic acids is 2. The number of carbonyl (C=O) groups is 2. The number of hydrogen-bond donors (Lipinski definition) is 0. The molecular weight excluding hydrogens is 500 g/mol. The average Bonchev–Trinajstić information content (AvgIpc) is 3.10. The molecule has 38 heavy (non-hydrogen) atoms. The van der Waals surface area contributed by atoms with E-state index in [-0.39, 0.29) is 0 Å². The summed E-state index contributed by atoms with van der Waals surface area (Å²) in [6, 6.07) is 9.67. The lowest BCUT2D eigenvalue weighted by Crippen LogP contribution is -2.52. The quantitative estimate of drug-likeness (QED) is 0.393. The van der Waals surface area contributed by atoms with Gasteiger partial charge in [0.1, 0.15) is 10.5 Å². The molecule has 1 aromatic carbocycles. The molecule has 0 aliphatic carbocycles. The van der Waals surface area contributed by atoms with E-state index in [4.69, 9.17) is 14.5 Å². The van der Waals surface area contributed by atoms with Gasteiger partial charge in [0.15, 0.2) is 0 Å². The number of amides is 1. The molecule has 3 heterocycles. The Morgan fingerprint density at radius 3 is 2.37 bits per heavy atom. The number of aryl methyl sites for hydroxylation is 1. The van der Waals surface area contributed by atoms with Gasteiger partial charge in [-0.05, 0) is 58.4 Å². The maximum atomic E-state index is 14.1. The van der Waals surface area contributed by atoms with Crippen molar-refractivity contribution in [2.24, 2.45) is 16.3 Å². The van der Waals surface area contributed by atoms with Crippen LogP contribution in [0.1, 0.15) is 52.8 Å². The molecule has 0 saturated carbocycles. The lowest BCUT2D eigenvalue weighted by molar-refractivity contribution is -0.204. The summed E-state index contributed by atoms with van der Waals surface area (Å²) in [6.45, 7) is 16.4. The van der Waals surface area contributed by atoms with Gasteiger partial charge in [-0.25, -0.2) is 14.7 Å². The maximum absolute atomic E-state index is 14.1. The molecule has 0 atom stereocenters. The molecule has 2 aromatic rings. The van der Waals surface area contributed by atoms with Gasteiger partial charge in [-0.3, -0.25) is 4.79 Å². The van der Waals surface area contributed by atoms with E-state index in [1.165, 1.54) is 0 Å². The van der Waals surface area contributed by atoms with Crippen molar-refractivity contribution in [1.29, 1.82) is 0 Å². The molecular formula is C29H40N4O4S. The number of nitrogens with zero attached hydrogens (tertiary/aromatic N) is 4. The van der Waals surface area contributed by atoms with Crippen LogP contribution in [0.2, 0.25) is 0 Å². The summed E-state index contributed by atoms with van der Waals surface area (Å²) < 4.78 is 12.6. The third-order valence-corrected chi connectivity index (χ3v) is 7.71. The van der Waals surface area contributed by atoms with E-state index in [2.05, 4.69) is 36.8 Å². The van der Waals surface area contributed by atoms with Crippen molar-refractivity contribution in [3.8, 4) is 0 Å². The maximum Gasteiger partial charge on any atom is 0.423 e. The minimum Gasteiger partial charge on any atom is -0.423 e. The van der Waals surface area contributed by atoms with Crippen LogP contribution in [0.25, 0.3) is 5.82 Å². The predicted octanol–water partition coefficient (Wildman–Crippen LogP) is 4.63. The van der Waals surface area contributed by atoms with Crippen LogP contribution in [-0.2, 0) is 14.3 Å². The largest absolute Gasteiger partial charge is 0.423 e. The summed E-state index contributed by atoms with van der Waals surface area (Å²) in [6.07, 6.45) is 0.0520. The normalized spacial score (nSPS) is 16.5. The smallest absolute Gasteiger partial charge is 0.423 e. The Balaban J connectivity index is 1.74. The molecule has 1 amide bonds. The Hall–Kier alpha value is -2.91. The van der Waals surface area contributed by atoms with Gasteiger partial charge < -0.3 is 19.3 Å². The molecule has 206 valence electrons. The number of rotatable bonds is 6. The minimum absolute atomic E-state index is 0.324. The second kappa shape index (κ2) is 10.7. The van der Waals surface area contributed by atoms with Gasteiger partial charge >= 0.3 is 12.1 Å². The predicted molar refractivity (Wildman–Crippen MR) is 151 cm³/mol. The van der Waals surface area contributed by atoms with E-state index in [9.17, 15) is 9.59 Å². The summed E-state index contributed by atoms with van der Waals surface area (Å²) in [5.41, 5.74) is 0.617. The number of para-hydroxylation sites is 2. The molecule has 0 spiro atoms. The van der Waals surface area contributed by atoms with E-state index in [1.807, 2.05) is 45.0 Å². The Labute approximate surface area is 229 Å². The second-order valence-corrected chi connectivity index (χ2v) is 13.0. The van der Waals surface area contributed by atoms with Crippen molar-refractivity contribution in [3.63, 3.8) is 0 Å². The van der Waals surface area contributed by atoms with Crippen LogP contribution >= 0.6 is 11.3 Å². The number of ether oxygens (including phenoxy) is 2. The summed E-state index contributed by atoms with van der Waals surface area (Å²) in [7, 11) is 2.10. The average molecular weight is 541 g/mol. The van der Waals surface area contributed by atoms with Gasteiger partial charge in [0, 0.05) is 44.9 Å². The Bertz CT molecular complexity index is 1320. The van der Waals surface area contributed by atoms with Crippen LogP contribution in [0.4, 0.5) is 16.2 Å². The fourth-order valence-electron chi connectivity index (χ4n) is 5.09. The van der Waals surface area contributed by atoms with Crippen molar-refractivity contribution in [1.82, 2.24) is 9.80 Å². The Kier molecular flexibility index (Phi) is 7.91. The molecule has 1 aromatic heterocycles. The van der Waals surface area contributed by atoms with E-state index >= 15 is 0 Å². The molecule has 2 aliphatic heterocycles. The Morgan fingerprint density at radius 2 is 1.71 bits per heavy atom. The van der Waals surface area contributed by atoms with Crippen LogP contribution < -0.4 is 14.8 Å². The molecule has 1 fully saturated rings. The lowest BCUT2D eigenvalue weighted by atomic mass is 9.84. The monoisotopic (exact) mass is 540 g/mol. The van der Waals surface area contributed by atoms with Gasteiger partial charge in [0.2, 0.25) is 0 Å². The van der Waals surface area contributed by atoms with Crippen molar-refractivity contribution >= 4 is 40.6 Å². The van der Waals surface area contributed by atoms with Gasteiger partial charge in [0.05, 0.1) is 22.0 Å². The molecule has 4 rings (SSSR count). The number of piperazine rings is 1. The number of fused-ring (bicyclic) bond motifs is 2. The van der Waals surface area contributed by atoms with Crippen molar-refractivity contribution in [2.45, 2.75) is 60.7 Å².